The van der Waals surface area contributed by atoms with Crippen LogP contribution in [0.25, 0.3) is 0 Å². The molecule has 0 saturated heterocycles. The third-order valence-electron chi connectivity index (χ3n) is 2.50. The molecule has 0 saturated carbocycles. The predicted octanol–water partition coefficient (Wildman–Crippen LogP) is 2.61. The van der Waals surface area contributed by atoms with E-state index in [1.807, 2.05) is 0 Å². The molecule has 0 N–H and O–H groups in total. The number of ether oxygens (including phenoxy) is 2. The molecular weight excluding hydrogens is 390 g/mol. The van der Waals surface area contributed by atoms with Crippen LogP contribution in [0.5, 0.6) is 0 Å². The molecule has 0 bridgehead atoms. The van der Waals surface area contributed by atoms with Crippen LogP contribution >= 0.6 is 0 Å². The summed E-state index contributed by atoms with van der Waals surface area (Å²) in [6.45, 7) is 8.60. The summed E-state index contributed by atoms with van der Waals surface area (Å²) in [7, 11) is 0. The Hall–Kier alpha value is -0.0210. The van der Waals surface area contributed by atoms with Crippen LogP contribution in [0.1, 0.15) is 53.4 Å². The summed E-state index contributed by atoms with van der Waals surface area (Å²) >= 11 is 1.40. The van der Waals surface area contributed by atoms with Crippen LogP contribution < -0.4 is 0 Å². The Morgan fingerprint density at radius 1 is 0.850 bits per heavy atom. The molecule has 0 heterocycles. The molecule has 0 aromatic heterocycles. The monoisotopic (exact) mass is 418 g/mol. The van der Waals surface area contributed by atoms with E-state index in [2.05, 4.69) is 13.8 Å². The first-order valence-corrected chi connectivity index (χ1v) is 13.3. The molecule has 0 aromatic rings. The predicted molar refractivity (Wildman–Crippen MR) is 82.1 cm³/mol. The van der Waals surface area contributed by atoms with Gasteiger partial charge in [-0.25, -0.2) is 0 Å². The van der Waals surface area contributed by atoms with E-state index >= 15 is 0 Å². The summed E-state index contributed by atoms with van der Waals surface area (Å²) in [5, 5.41) is 0. The Morgan fingerprint density at radius 3 is 1.50 bits per heavy atom. The van der Waals surface area contributed by atoms with Crippen molar-refractivity contribution in [2.45, 2.75) is 63.0 Å². The van der Waals surface area contributed by atoms with Crippen LogP contribution in [-0.2, 0) is 19.1 Å². The van der Waals surface area contributed by atoms with Gasteiger partial charge in [0.15, 0.2) is 0 Å². The molecule has 0 spiro atoms. The number of esters is 2. The van der Waals surface area contributed by atoms with Crippen LogP contribution in [0.2, 0.25) is 9.63 Å². The van der Waals surface area contributed by atoms with E-state index in [0.29, 0.717) is 39.5 Å². The molecule has 0 aliphatic carbocycles. The molecule has 6 heteroatoms. The van der Waals surface area contributed by atoms with Crippen molar-refractivity contribution in [1.29, 1.82) is 0 Å². The van der Waals surface area contributed by atoms with Gasteiger partial charge in [-0.15, -0.1) is 0 Å². The van der Waals surface area contributed by atoms with Crippen molar-refractivity contribution in [3.63, 3.8) is 0 Å². The summed E-state index contributed by atoms with van der Waals surface area (Å²) in [4.78, 5) is 22.8. The molecule has 20 heavy (non-hydrogen) atoms. The van der Waals surface area contributed by atoms with E-state index in [0.717, 1.165) is 35.3 Å². The van der Waals surface area contributed by atoms with Gasteiger partial charge in [-0.2, -0.15) is 0 Å². The Kier molecular flexibility index (Phi) is 12.7. The van der Waals surface area contributed by atoms with Gasteiger partial charge in [0, 0.05) is 0 Å². The van der Waals surface area contributed by atoms with Gasteiger partial charge < -0.3 is 0 Å². The Labute approximate surface area is 133 Å². The number of carbonyl (C=O) groups is 2. The molecule has 0 aromatic carbocycles. The quantitative estimate of drug-likeness (QED) is 0.295. The summed E-state index contributed by atoms with van der Waals surface area (Å²) in [5.74, 6) is -0.373. The molecule has 0 amide bonds. The van der Waals surface area contributed by atoms with Crippen molar-refractivity contribution < 1.29 is 19.1 Å². The van der Waals surface area contributed by atoms with E-state index in [9.17, 15) is 9.59 Å². The zero-order valence-corrected chi connectivity index (χ0v) is 16.3. The number of carbonyl (C=O) groups excluding carboxylic acids is 2. The van der Waals surface area contributed by atoms with Gasteiger partial charge in [-0.05, 0) is 0 Å². The molecule has 0 aliphatic heterocycles. The zero-order chi connectivity index (χ0) is 15.4. The van der Waals surface area contributed by atoms with E-state index in [1.54, 1.807) is 0 Å². The first kappa shape index (κ1) is 20.0. The second kappa shape index (κ2) is 12.7. The van der Waals surface area contributed by atoms with Gasteiger partial charge in [0.05, 0.1) is 0 Å². The van der Waals surface area contributed by atoms with Crippen LogP contribution in [0.15, 0.2) is 0 Å². The second-order valence-electron chi connectivity index (χ2n) is 4.78. The maximum atomic E-state index is 10.6. The molecule has 0 rings (SSSR count). The topological polar surface area (TPSA) is 52.6 Å². The maximum absolute atomic E-state index is 10.6. The van der Waals surface area contributed by atoms with Crippen molar-refractivity contribution in [2.24, 2.45) is 0 Å². The molecule has 118 valence electrons. The van der Waals surface area contributed by atoms with E-state index in [-0.39, 0.29) is 11.9 Å². The average Bonchev–Trinajstić information content (AvgIpc) is 2.37. The number of hydrogen-bond donors (Lipinski definition) is 0. The number of hydrogen-bond acceptors (Lipinski definition) is 4. The van der Waals surface area contributed by atoms with Crippen molar-refractivity contribution in [3.05, 3.63) is 0 Å². The van der Waals surface area contributed by atoms with E-state index in [1.165, 1.54) is 13.8 Å². The van der Waals surface area contributed by atoms with E-state index < -0.39 is 0 Å². The fourth-order valence-electron chi connectivity index (χ4n) is 1.46. The average molecular weight is 416 g/mol. The van der Waals surface area contributed by atoms with Crippen LogP contribution in [0, 0.1) is 0 Å². The standard InChI is InChI=1S/C14H26O4Se2/c1-11(7-5-9-17-13(3)15)19-20-12(2)8-6-10-18-14(4)16/h11-12H,5-10H2,1-4H3. The van der Waals surface area contributed by atoms with E-state index in [4.69, 9.17) is 9.47 Å². The third kappa shape index (κ3) is 14.4. The molecule has 2 atom stereocenters. The molecule has 0 radical (unpaired) electrons. The minimum atomic E-state index is -0.186. The first-order valence-electron chi connectivity index (χ1n) is 7.00. The molecule has 0 aliphatic rings. The van der Waals surface area contributed by atoms with Gasteiger partial charge in [-0.3, -0.25) is 0 Å². The summed E-state index contributed by atoms with van der Waals surface area (Å²) in [5.41, 5.74) is 0. The van der Waals surface area contributed by atoms with Crippen LogP contribution in [0.3, 0.4) is 0 Å². The molecule has 4 nitrogen and oxygen atoms in total. The SMILES string of the molecule is CC(=O)OCCCC(C)[Se][Se]C(C)CCCOC(C)=O. The zero-order valence-electron chi connectivity index (χ0n) is 12.8. The number of rotatable bonds is 11. The summed E-state index contributed by atoms with van der Waals surface area (Å²) in [6, 6.07) is 0. The molecule has 2 unspecified atom stereocenters. The normalized spacial score (nSPS) is 13.6. The van der Waals surface area contributed by atoms with Gasteiger partial charge in [0.1, 0.15) is 0 Å². The van der Waals surface area contributed by atoms with Crippen molar-refractivity contribution >= 4 is 38.2 Å². The summed E-state index contributed by atoms with van der Waals surface area (Å²) < 4.78 is 9.87. The Bertz CT molecular complexity index is 256. The fraction of sp³-hybridized carbons (Fsp3) is 0.857. The third-order valence-corrected chi connectivity index (χ3v) is 13.5. The second-order valence-corrected chi connectivity index (χ2v) is 13.2. The Morgan fingerprint density at radius 2 is 1.20 bits per heavy atom. The van der Waals surface area contributed by atoms with Crippen molar-refractivity contribution in [3.8, 4) is 0 Å². The first-order chi connectivity index (χ1) is 9.41. The van der Waals surface area contributed by atoms with Crippen molar-refractivity contribution in [2.75, 3.05) is 13.2 Å². The minimum absolute atomic E-state index is 0.186. The van der Waals surface area contributed by atoms with Gasteiger partial charge in [-0.1, -0.05) is 0 Å². The summed E-state index contributed by atoms with van der Waals surface area (Å²) in [6.07, 6.45) is 4.24. The van der Waals surface area contributed by atoms with Crippen molar-refractivity contribution in [1.82, 2.24) is 0 Å². The molecular formula is C14H26O4Se2. The fourth-order valence-corrected chi connectivity index (χ4v) is 9.59. The van der Waals surface area contributed by atoms with Gasteiger partial charge >= 0.3 is 133 Å². The molecule has 0 fully saturated rings. The van der Waals surface area contributed by atoms with Gasteiger partial charge in [0.25, 0.3) is 0 Å². The van der Waals surface area contributed by atoms with Crippen LogP contribution in [0.4, 0.5) is 0 Å². The van der Waals surface area contributed by atoms with Gasteiger partial charge in [0.2, 0.25) is 0 Å². The Balaban J connectivity index is 3.45. The van der Waals surface area contributed by atoms with Crippen LogP contribution in [-0.4, -0.2) is 51.4 Å².